The van der Waals surface area contributed by atoms with Gasteiger partial charge in [0, 0.05) is 17.3 Å². The average Bonchev–Trinajstić information content (AvgIpc) is 2.58. The maximum Gasteiger partial charge on any atom is 0.145 e. The molecule has 1 aliphatic heterocycles. The van der Waals surface area contributed by atoms with E-state index in [-0.39, 0.29) is 5.54 Å². The smallest absolute Gasteiger partial charge is 0.145 e. The van der Waals surface area contributed by atoms with Crippen molar-refractivity contribution in [1.29, 1.82) is 0 Å². The van der Waals surface area contributed by atoms with E-state index in [2.05, 4.69) is 33.2 Å². The Balaban J connectivity index is 2.16. The fraction of sp³-hybridized carbons (Fsp3) is 0.500. The highest BCUT2D eigenvalue weighted by atomic mass is 79.9. The van der Waals surface area contributed by atoms with Crippen LogP contribution in [-0.2, 0) is 4.74 Å². The van der Waals surface area contributed by atoms with E-state index < -0.39 is 0 Å². The number of nitrogens with zero attached hydrogens (tertiary/aromatic N) is 1. The van der Waals surface area contributed by atoms with Crippen LogP contribution in [0.15, 0.2) is 16.7 Å². The predicted molar refractivity (Wildman–Crippen MR) is 64.4 cm³/mol. The minimum atomic E-state index is -0.0511. The molecule has 1 atom stereocenters. The normalized spacial score (nSPS) is 25.5. The van der Waals surface area contributed by atoms with Gasteiger partial charge >= 0.3 is 0 Å². The molecule has 1 unspecified atom stereocenters. The lowest BCUT2D eigenvalue weighted by Crippen LogP contribution is -2.35. The minimum Gasteiger partial charge on any atom is -0.379 e. The molecule has 0 bridgehead atoms. The summed E-state index contributed by atoms with van der Waals surface area (Å²) < 4.78 is 6.23. The van der Waals surface area contributed by atoms with Crippen molar-refractivity contribution in [1.82, 2.24) is 4.98 Å². The second kappa shape index (κ2) is 4.28. The Kier molecular flexibility index (Phi) is 3.19. The highest BCUT2D eigenvalue weighted by Gasteiger charge is 2.30. The monoisotopic (exact) mass is 290 g/mol. The number of hydrogen-bond acceptors (Lipinski definition) is 3. The molecule has 1 aromatic heterocycles. The van der Waals surface area contributed by atoms with Crippen LogP contribution in [0.25, 0.3) is 0 Å². The fourth-order valence-corrected chi connectivity index (χ4v) is 2.23. The Labute approximate surface area is 102 Å². The van der Waals surface area contributed by atoms with Gasteiger partial charge in [-0.05, 0) is 35.3 Å². The molecule has 5 heteroatoms. The van der Waals surface area contributed by atoms with Gasteiger partial charge in [-0.2, -0.15) is 0 Å². The minimum absolute atomic E-state index is 0.0511. The molecule has 1 aliphatic rings. The number of nitrogens with one attached hydrogen (secondary N) is 1. The number of rotatable bonds is 2. The summed E-state index contributed by atoms with van der Waals surface area (Å²) in [6, 6.07) is 1.83. The van der Waals surface area contributed by atoms with Crippen LogP contribution in [0.5, 0.6) is 0 Å². The third-order valence-corrected chi connectivity index (χ3v) is 3.17. The van der Waals surface area contributed by atoms with Gasteiger partial charge in [0.25, 0.3) is 0 Å². The van der Waals surface area contributed by atoms with Crippen molar-refractivity contribution in [2.45, 2.75) is 18.9 Å². The molecule has 0 aliphatic carbocycles. The summed E-state index contributed by atoms with van der Waals surface area (Å²) in [5.41, 5.74) is -0.0511. The van der Waals surface area contributed by atoms with Crippen molar-refractivity contribution in [3.05, 3.63) is 21.8 Å². The van der Waals surface area contributed by atoms with Gasteiger partial charge in [0.05, 0.1) is 17.2 Å². The van der Waals surface area contributed by atoms with Crippen molar-refractivity contribution >= 4 is 33.3 Å². The summed E-state index contributed by atoms with van der Waals surface area (Å²) >= 11 is 9.40. The zero-order chi connectivity index (χ0) is 10.9. The molecule has 1 aromatic rings. The Morgan fingerprint density at radius 2 is 2.47 bits per heavy atom. The Morgan fingerprint density at radius 3 is 3.07 bits per heavy atom. The van der Waals surface area contributed by atoms with Crippen molar-refractivity contribution in [2.24, 2.45) is 0 Å². The molecular formula is C10H12BrClN2O. The summed E-state index contributed by atoms with van der Waals surface area (Å²) in [4.78, 5) is 4.24. The molecule has 0 amide bonds. The Morgan fingerprint density at radius 1 is 1.67 bits per heavy atom. The number of aromatic nitrogens is 1. The summed E-state index contributed by atoms with van der Waals surface area (Å²) in [5.74, 6) is 0.716. The van der Waals surface area contributed by atoms with Crippen molar-refractivity contribution in [3.8, 4) is 0 Å². The predicted octanol–water partition coefficient (Wildman–Crippen LogP) is 3.09. The van der Waals surface area contributed by atoms with Gasteiger partial charge in [-0.15, -0.1) is 0 Å². The van der Waals surface area contributed by atoms with Crippen LogP contribution >= 0.6 is 27.5 Å². The summed E-state index contributed by atoms with van der Waals surface area (Å²) in [7, 11) is 0. The highest BCUT2D eigenvalue weighted by molar-refractivity contribution is 9.10. The van der Waals surface area contributed by atoms with Crippen LogP contribution in [0, 0.1) is 0 Å². The molecule has 0 saturated carbocycles. The molecule has 82 valence electrons. The standard InChI is InChI=1S/C10H12BrClN2O/c1-10(2-3-15-6-10)14-9-8(12)4-7(11)5-13-9/h4-5H,2-3,6H2,1H3,(H,13,14). The molecular weight excluding hydrogens is 279 g/mol. The molecule has 0 radical (unpaired) electrons. The number of hydrogen-bond donors (Lipinski definition) is 1. The van der Waals surface area contributed by atoms with Crippen LogP contribution in [-0.4, -0.2) is 23.7 Å². The van der Waals surface area contributed by atoms with Gasteiger partial charge < -0.3 is 10.1 Å². The molecule has 0 spiro atoms. The van der Waals surface area contributed by atoms with E-state index in [9.17, 15) is 0 Å². The summed E-state index contributed by atoms with van der Waals surface area (Å²) in [6.45, 7) is 3.60. The molecule has 15 heavy (non-hydrogen) atoms. The maximum absolute atomic E-state index is 6.07. The fourth-order valence-electron chi connectivity index (χ4n) is 1.56. The van der Waals surface area contributed by atoms with Gasteiger partial charge in [0.2, 0.25) is 0 Å². The van der Waals surface area contributed by atoms with Crippen LogP contribution in [0.3, 0.4) is 0 Å². The quantitative estimate of drug-likeness (QED) is 0.909. The molecule has 1 N–H and O–H groups in total. The molecule has 2 heterocycles. The van der Waals surface area contributed by atoms with Crippen molar-refractivity contribution in [2.75, 3.05) is 18.5 Å². The number of anilines is 1. The Bertz CT molecular complexity index is 366. The van der Waals surface area contributed by atoms with E-state index in [1.807, 2.05) is 6.07 Å². The molecule has 0 aromatic carbocycles. The zero-order valence-electron chi connectivity index (χ0n) is 8.39. The first-order chi connectivity index (χ1) is 7.09. The zero-order valence-corrected chi connectivity index (χ0v) is 10.7. The van der Waals surface area contributed by atoms with E-state index in [1.165, 1.54) is 0 Å². The number of pyridine rings is 1. The third-order valence-electron chi connectivity index (χ3n) is 2.45. The van der Waals surface area contributed by atoms with Crippen molar-refractivity contribution < 1.29 is 4.74 Å². The lowest BCUT2D eigenvalue weighted by Gasteiger charge is -2.24. The third kappa shape index (κ3) is 2.62. The average molecular weight is 292 g/mol. The van der Waals surface area contributed by atoms with E-state index in [1.54, 1.807) is 6.20 Å². The van der Waals surface area contributed by atoms with Crippen LogP contribution in [0.4, 0.5) is 5.82 Å². The van der Waals surface area contributed by atoms with E-state index >= 15 is 0 Å². The van der Waals surface area contributed by atoms with Gasteiger partial charge in [0.1, 0.15) is 5.82 Å². The van der Waals surface area contributed by atoms with Gasteiger partial charge in [-0.3, -0.25) is 0 Å². The molecule has 2 rings (SSSR count). The van der Waals surface area contributed by atoms with Gasteiger partial charge in [0.15, 0.2) is 0 Å². The molecule has 1 fully saturated rings. The first kappa shape index (κ1) is 11.2. The second-order valence-corrected chi connectivity index (χ2v) is 5.30. The van der Waals surface area contributed by atoms with Gasteiger partial charge in [-0.25, -0.2) is 4.98 Å². The SMILES string of the molecule is CC1(Nc2ncc(Br)cc2Cl)CCOC1. The van der Waals surface area contributed by atoms with E-state index in [0.29, 0.717) is 17.4 Å². The first-order valence-corrected chi connectivity index (χ1v) is 5.93. The van der Waals surface area contributed by atoms with Crippen LogP contribution < -0.4 is 5.32 Å². The Hall–Kier alpha value is -0.320. The van der Waals surface area contributed by atoms with E-state index in [0.717, 1.165) is 17.5 Å². The largest absolute Gasteiger partial charge is 0.379 e. The molecule has 1 saturated heterocycles. The summed E-state index contributed by atoms with van der Waals surface area (Å²) in [6.07, 6.45) is 2.70. The lowest BCUT2D eigenvalue weighted by molar-refractivity contribution is 0.185. The first-order valence-electron chi connectivity index (χ1n) is 4.76. The summed E-state index contributed by atoms with van der Waals surface area (Å²) in [5, 5.41) is 3.95. The van der Waals surface area contributed by atoms with Crippen LogP contribution in [0.2, 0.25) is 5.02 Å². The lowest BCUT2D eigenvalue weighted by atomic mass is 10.0. The number of halogens is 2. The van der Waals surface area contributed by atoms with Gasteiger partial charge in [-0.1, -0.05) is 11.6 Å². The van der Waals surface area contributed by atoms with Crippen LogP contribution in [0.1, 0.15) is 13.3 Å². The molecule has 3 nitrogen and oxygen atoms in total. The maximum atomic E-state index is 6.07. The number of ether oxygens (including phenoxy) is 1. The highest BCUT2D eigenvalue weighted by Crippen LogP contribution is 2.28. The van der Waals surface area contributed by atoms with E-state index in [4.69, 9.17) is 16.3 Å². The topological polar surface area (TPSA) is 34.2 Å². The van der Waals surface area contributed by atoms with Crippen molar-refractivity contribution in [3.63, 3.8) is 0 Å². The second-order valence-electron chi connectivity index (χ2n) is 3.97.